The van der Waals surface area contributed by atoms with Gasteiger partial charge >= 0.3 is 5.97 Å². The number of hydrogen-bond donors (Lipinski definition) is 1. The summed E-state index contributed by atoms with van der Waals surface area (Å²) in [5.41, 5.74) is 0.872. The van der Waals surface area contributed by atoms with E-state index in [1.165, 1.54) is 0 Å². The van der Waals surface area contributed by atoms with E-state index in [4.69, 9.17) is 28.3 Å². The first kappa shape index (κ1) is 16.1. The van der Waals surface area contributed by atoms with Gasteiger partial charge in [0.25, 0.3) is 0 Å². The lowest BCUT2D eigenvalue weighted by Gasteiger charge is -2.16. The number of aryl methyl sites for hydroxylation is 1. The number of amides is 1. The van der Waals surface area contributed by atoms with Crippen LogP contribution in [0.15, 0.2) is 18.2 Å². The molecule has 1 aromatic carbocycles. The molecule has 4 nitrogen and oxygen atoms in total. The van der Waals surface area contributed by atoms with Crippen LogP contribution in [0.1, 0.15) is 18.9 Å². The summed E-state index contributed by atoms with van der Waals surface area (Å²) in [6, 6.07) is 5.21. The second-order valence-electron chi connectivity index (χ2n) is 5.46. The zero-order valence-corrected chi connectivity index (χ0v) is 13.2. The largest absolute Gasteiger partial charge is 0.481 e. The van der Waals surface area contributed by atoms with Crippen LogP contribution in [0.3, 0.4) is 0 Å². The van der Waals surface area contributed by atoms with Gasteiger partial charge in [-0.05, 0) is 30.0 Å². The van der Waals surface area contributed by atoms with Gasteiger partial charge < -0.3 is 10.0 Å². The highest BCUT2D eigenvalue weighted by Gasteiger charge is 2.36. The average Bonchev–Trinajstić information content (AvgIpc) is 2.80. The maximum absolute atomic E-state index is 12.2. The fraction of sp³-hybridized carbons (Fsp3) is 0.467. The Morgan fingerprint density at radius 2 is 2.05 bits per heavy atom. The molecule has 1 amide bonds. The van der Waals surface area contributed by atoms with Gasteiger partial charge in [0.2, 0.25) is 5.91 Å². The molecule has 0 unspecified atom stereocenters. The van der Waals surface area contributed by atoms with Crippen molar-refractivity contribution in [1.29, 1.82) is 0 Å². The van der Waals surface area contributed by atoms with Crippen LogP contribution in [0.5, 0.6) is 0 Å². The fourth-order valence-electron chi connectivity index (χ4n) is 2.62. The first-order valence-corrected chi connectivity index (χ1v) is 7.58. The van der Waals surface area contributed by atoms with E-state index in [2.05, 4.69) is 0 Å². The number of nitrogens with zero attached hydrogens (tertiary/aromatic N) is 1. The predicted molar refractivity (Wildman–Crippen MR) is 81.7 cm³/mol. The van der Waals surface area contributed by atoms with E-state index in [1.54, 1.807) is 17.0 Å². The smallest absolute Gasteiger partial charge is 0.308 e. The van der Waals surface area contributed by atoms with Crippen LogP contribution in [0.4, 0.5) is 0 Å². The van der Waals surface area contributed by atoms with Gasteiger partial charge in [-0.1, -0.05) is 36.2 Å². The topological polar surface area (TPSA) is 57.6 Å². The molecule has 21 heavy (non-hydrogen) atoms. The quantitative estimate of drug-likeness (QED) is 0.923. The number of carboxylic acids is 1. The Hall–Kier alpha value is -1.26. The van der Waals surface area contributed by atoms with Crippen molar-refractivity contribution in [3.05, 3.63) is 33.8 Å². The van der Waals surface area contributed by atoms with E-state index in [0.29, 0.717) is 36.0 Å². The van der Waals surface area contributed by atoms with E-state index < -0.39 is 11.9 Å². The Kier molecular flexibility index (Phi) is 5.12. The molecule has 1 aromatic rings. The van der Waals surface area contributed by atoms with Gasteiger partial charge in [-0.3, -0.25) is 9.59 Å². The lowest BCUT2D eigenvalue weighted by Crippen LogP contribution is -2.30. The van der Waals surface area contributed by atoms with Gasteiger partial charge in [-0.25, -0.2) is 0 Å². The number of hydrogen-bond acceptors (Lipinski definition) is 2. The zero-order chi connectivity index (χ0) is 15.6. The monoisotopic (exact) mass is 329 g/mol. The van der Waals surface area contributed by atoms with Crippen molar-refractivity contribution in [1.82, 2.24) is 4.90 Å². The van der Waals surface area contributed by atoms with E-state index in [-0.39, 0.29) is 11.8 Å². The maximum Gasteiger partial charge on any atom is 0.308 e. The van der Waals surface area contributed by atoms with Crippen molar-refractivity contribution < 1.29 is 14.7 Å². The number of carbonyl (C=O) groups is 2. The molecule has 2 atom stereocenters. The molecule has 0 saturated carbocycles. The molecule has 1 saturated heterocycles. The van der Waals surface area contributed by atoms with Crippen molar-refractivity contribution >= 4 is 35.1 Å². The summed E-state index contributed by atoms with van der Waals surface area (Å²) in [6.07, 6.45) is 0.845. The number of halogens is 2. The van der Waals surface area contributed by atoms with Crippen LogP contribution in [-0.2, 0) is 16.0 Å². The Balaban J connectivity index is 1.92. The third-order valence-electron chi connectivity index (χ3n) is 3.91. The molecular formula is C15H17Cl2NO3. The van der Waals surface area contributed by atoms with E-state index in [0.717, 1.165) is 5.56 Å². The van der Waals surface area contributed by atoms with Crippen LogP contribution in [0, 0.1) is 11.8 Å². The second-order valence-corrected chi connectivity index (χ2v) is 6.30. The minimum Gasteiger partial charge on any atom is -0.481 e. The zero-order valence-electron chi connectivity index (χ0n) is 11.7. The van der Waals surface area contributed by atoms with Gasteiger partial charge in [-0.15, -0.1) is 0 Å². The molecule has 1 N–H and O–H groups in total. The highest BCUT2D eigenvalue weighted by atomic mass is 35.5. The van der Waals surface area contributed by atoms with Gasteiger partial charge in [0.15, 0.2) is 0 Å². The van der Waals surface area contributed by atoms with Crippen LogP contribution in [0.25, 0.3) is 0 Å². The number of carbonyl (C=O) groups excluding carboxylic acids is 1. The first-order chi connectivity index (χ1) is 9.88. The Morgan fingerprint density at radius 1 is 1.33 bits per heavy atom. The number of carboxylic acid groups (broad SMARTS) is 1. The van der Waals surface area contributed by atoms with Crippen LogP contribution < -0.4 is 0 Å². The number of rotatable bonds is 4. The summed E-state index contributed by atoms with van der Waals surface area (Å²) >= 11 is 11.9. The molecule has 0 aromatic heterocycles. The van der Waals surface area contributed by atoms with Crippen molar-refractivity contribution in [3.8, 4) is 0 Å². The number of benzene rings is 1. The molecule has 0 bridgehead atoms. The molecule has 6 heteroatoms. The standard InChI is InChI=1S/C15H17Cl2NO3/c1-9-7-18(8-12(9)15(20)21)14(19)5-3-10-2-4-11(16)6-13(10)17/h2,4,6,9,12H,3,5,7-8H2,1H3,(H,20,21)/t9-,12-/m1/s1. The van der Waals surface area contributed by atoms with Crippen molar-refractivity contribution in [2.45, 2.75) is 19.8 Å². The lowest BCUT2D eigenvalue weighted by atomic mass is 9.99. The maximum atomic E-state index is 12.2. The molecule has 0 radical (unpaired) electrons. The van der Waals surface area contributed by atoms with Crippen molar-refractivity contribution in [2.24, 2.45) is 11.8 Å². The predicted octanol–water partition coefficient (Wildman–Crippen LogP) is 3.11. The highest BCUT2D eigenvalue weighted by molar-refractivity contribution is 6.35. The molecule has 114 valence electrons. The Labute approximate surface area is 133 Å². The molecule has 1 aliphatic heterocycles. The minimum atomic E-state index is -0.835. The van der Waals surface area contributed by atoms with Crippen molar-refractivity contribution in [3.63, 3.8) is 0 Å². The third-order valence-corrected chi connectivity index (χ3v) is 4.49. The summed E-state index contributed by atoms with van der Waals surface area (Å²) < 4.78 is 0. The first-order valence-electron chi connectivity index (χ1n) is 6.83. The summed E-state index contributed by atoms with van der Waals surface area (Å²) in [6.45, 7) is 2.66. The van der Waals surface area contributed by atoms with E-state index in [1.807, 2.05) is 13.0 Å². The van der Waals surface area contributed by atoms with Gasteiger partial charge in [0, 0.05) is 29.6 Å². The molecule has 0 aliphatic carbocycles. The van der Waals surface area contributed by atoms with Crippen molar-refractivity contribution in [2.75, 3.05) is 13.1 Å². The van der Waals surface area contributed by atoms with Crippen LogP contribution in [-0.4, -0.2) is 35.0 Å². The fourth-order valence-corrected chi connectivity index (χ4v) is 3.12. The molecule has 1 aliphatic rings. The Morgan fingerprint density at radius 3 is 2.62 bits per heavy atom. The molecule has 0 spiro atoms. The lowest BCUT2D eigenvalue weighted by molar-refractivity contribution is -0.142. The molecular weight excluding hydrogens is 313 g/mol. The normalized spacial score (nSPS) is 21.6. The minimum absolute atomic E-state index is 0.00873. The van der Waals surface area contributed by atoms with Crippen LogP contribution >= 0.6 is 23.2 Å². The SMILES string of the molecule is C[C@@H]1CN(C(=O)CCc2ccc(Cl)cc2Cl)C[C@H]1C(=O)O. The Bertz CT molecular complexity index is 562. The molecule has 1 fully saturated rings. The van der Waals surface area contributed by atoms with E-state index in [9.17, 15) is 9.59 Å². The number of likely N-dealkylation sites (tertiary alicyclic amines) is 1. The highest BCUT2D eigenvalue weighted by Crippen LogP contribution is 2.25. The second kappa shape index (κ2) is 6.67. The van der Waals surface area contributed by atoms with E-state index >= 15 is 0 Å². The summed E-state index contributed by atoms with van der Waals surface area (Å²) in [7, 11) is 0. The van der Waals surface area contributed by atoms with Gasteiger partial charge in [0.1, 0.15) is 0 Å². The average molecular weight is 330 g/mol. The van der Waals surface area contributed by atoms with Crippen LogP contribution in [0.2, 0.25) is 10.0 Å². The summed E-state index contributed by atoms with van der Waals surface area (Å²) in [4.78, 5) is 24.9. The third kappa shape index (κ3) is 3.89. The van der Waals surface area contributed by atoms with Gasteiger partial charge in [0.05, 0.1) is 5.92 Å². The number of aliphatic carboxylic acids is 1. The molecule has 1 heterocycles. The van der Waals surface area contributed by atoms with Gasteiger partial charge in [-0.2, -0.15) is 0 Å². The summed E-state index contributed by atoms with van der Waals surface area (Å²) in [5, 5.41) is 10.2. The summed E-state index contributed by atoms with van der Waals surface area (Å²) in [5.74, 6) is -1.34. The molecule has 2 rings (SSSR count).